The molecule has 1 aromatic rings. The molecule has 1 saturated carbocycles. The first-order valence-electron chi connectivity index (χ1n) is 7.16. The summed E-state index contributed by atoms with van der Waals surface area (Å²) in [5.74, 6) is 1.44. The van der Waals surface area contributed by atoms with E-state index < -0.39 is 0 Å². The number of oxime groups is 1. The largest absolute Gasteiger partial charge is 0.490 e. The van der Waals surface area contributed by atoms with Crippen molar-refractivity contribution in [3.05, 3.63) is 29.6 Å². The fourth-order valence-corrected chi connectivity index (χ4v) is 2.73. The van der Waals surface area contributed by atoms with Gasteiger partial charge in [-0.15, -0.1) is 0 Å². The Bertz CT molecular complexity index is 501. The topological polar surface area (TPSA) is 41.8 Å². The number of ether oxygens (including phenoxy) is 1. The molecule has 0 amide bonds. The number of halogens is 1. The summed E-state index contributed by atoms with van der Waals surface area (Å²) in [6, 6.07) is 4.31. The number of nitrogens with zero attached hydrogens (tertiary/aromatic N) is 1. The van der Waals surface area contributed by atoms with Crippen LogP contribution >= 0.6 is 0 Å². The van der Waals surface area contributed by atoms with E-state index in [0.29, 0.717) is 28.9 Å². The molecule has 0 saturated heterocycles. The molecule has 0 heterocycles. The maximum Gasteiger partial charge on any atom is 0.131 e. The molecule has 3 atom stereocenters. The normalized spacial score (nSPS) is 27.4. The molecule has 1 aromatic carbocycles. The van der Waals surface area contributed by atoms with Gasteiger partial charge in [0.25, 0.3) is 0 Å². The lowest BCUT2D eigenvalue weighted by molar-refractivity contribution is 0.100. The highest BCUT2D eigenvalue weighted by Gasteiger charge is 2.26. The monoisotopic (exact) mass is 279 g/mol. The molecule has 2 rings (SSSR count). The third kappa shape index (κ3) is 3.30. The van der Waals surface area contributed by atoms with Crippen molar-refractivity contribution in [2.45, 2.75) is 46.1 Å². The van der Waals surface area contributed by atoms with Crippen LogP contribution in [0, 0.1) is 17.7 Å². The Morgan fingerprint density at radius 1 is 1.30 bits per heavy atom. The van der Waals surface area contributed by atoms with Crippen LogP contribution in [-0.2, 0) is 0 Å². The van der Waals surface area contributed by atoms with Crippen molar-refractivity contribution < 1.29 is 14.3 Å². The van der Waals surface area contributed by atoms with E-state index in [4.69, 9.17) is 9.94 Å². The number of benzene rings is 1. The van der Waals surface area contributed by atoms with Crippen LogP contribution in [0.2, 0.25) is 0 Å². The van der Waals surface area contributed by atoms with Gasteiger partial charge in [0.15, 0.2) is 0 Å². The number of hydrogen-bond donors (Lipinski definition) is 1. The molecule has 1 N–H and O–H groups in total. The van der Waals surface area contributed by atoms with Gasteiger partial charge >= 0.3 is 0 Å². The fraction of sp³-hybridized carbons (Fsp3) is 0.562. The first-order chi connectivity index (χ1) is 9.51. The van der Waals surface area contributed by atoms with Gasteiger partial charge in [-0.2, -0.15) is 0 Å². The summed E-state index contributed by atoms with van der Waals surface area (Å²) >= 11 is 0. The van der Waals surface area contributed by atoms with Gasteiger partial charge in [-0.05, 0) is 50.2 Å². The van der Waals surface area contributed by atoms with Crippen LogP contribution in [0.5, 0.6) is 5.75 Å². The fourth-order valence-electron chi connectivity index (χ4n) is 2.73. The predicted octanol–water partition coefficient (Wildman–Crippen LogP) is 4.23. The van der Waals surface area contributed by atoms with Crippen LogP contribution in [0.25, 0.3) is 0 Å². The first-order valence-corrected chi connectivity index (χ1v) is 7.16. The Labute approximate surface area is 119 Å². The minimum absolute atomic E-state index is 0.105. The van der Waals surface area contributed by atoms with E-state index in [-0.39, 0.29) is 11.9 Å². The molecule has 20 heavy (non-hydrogen) atoms. The van der Waals surface area contributed by atoms with E-state index in [2.05, 4.69) is 19.0 Å². The number of hydrogen-bond acceptors (Lipinski definition) is 3. The van der Waals surface area contributed by atoms with Crippen LogP contribution in [0.1, 0.15) is 45.6 Å². The first kappa shape index (κ1) is 14.8. The van der Waals surface area contributed by atoms with Crippen molar-refractivity contribution in [3.8, 4) is 5.75 Å². The van der Waals surface area contributed by atoms with Crippen LogP contribution in [0.15, 0.2) is 23.4 Å². The average Bonchev–Trinajstić information content (AvgIpc) is 2.42. The lowest BCUT2D eigenvalue weighted by atomic mass is 9.80. The van der Waals surface area contributed by atoms with Gasteiger partial charge in [0.05, 0.1) is 11.8 Å². The molecule has 110 valence electrons. The van der Waals surface area contributed by atoms with E-state index in [9.17, 15) is 4.39 Å². The van der Waals surface area contributed by atoms with Crippen LogP contribution in [0.3, 0.4) is 0 Å². The van der Waals surface area contributed by atoms with E-state index in [0.717, 1.165) is 19.3 Å². The van der Waals surface area contributed by atoms with Gasteiger partial charge in [-0.1, -0.05) is 19.0 Å². The highest BCUT2D eigenvalue weighted by Crippen LogP contribution is 2.33. The zero-order valence-electron chi connectivity index (χ0n) is 12.3. The summed E-state index contributed by atoms with van der Waals surface area (Å²) in [5.41, 5.74) is 1.07. The van der Waals surface area contributed by atoms with Crippen molar-refractivity contribution in [2.75, 3.05) is 0 Å². The Kier molecular flexibility index (Phi) is 4.63. The molecule has 0 spiro atoms. The lowest BCUT2D eigenvalue weighted by Crippen LogP contribution is -2.29. The SMILES string of the molecule is CC(=NO)c1ccc(F)cc1OC1CCC(C)C(C)C1. The standard InChI is InChI=1S/C16H22FNO2/c1-10-4-6-14(8-11(10)2)20-16-9-13(17)5-7-15(16)12(3)18-19/h5,7,9-11,14,19H,4,6,8H2,1-3H3. The zero-order chi connectivity index (χ0) is 14.7. The van der Waals surface area contributed by atoms with Crippen molar-refractivity contribution >= 4 is 5.71 Å². The van der Waals surface area contributed by atoms with Gasteiger partial charge in [0.1, 0.15) is 11.6 Å². The van der Waals surface area contributed by atoms with Gasteiger partial charge in [0, 0.05) is 11.6 Å². The third-order valence-electron chi connectivity index (χ3n) is 4.33. The summed E-state index contributed by atoms with van der Waals surface area (Å²) in [4.78, 5) is 0. The molecule has 0 aromatic heterocycles. The zero-order valence-corrected chi connectivity index (χ0v) is 12.3. The summed E-state index contributed by atoms with van der Waals surface area (Å²) < 4.78 is 19.4. The highest BCUT2D eigenvalue weighted by molar-refractivity contribution is 6.00. The van der Waals surface area contributed by atoms with Gasteiger partial charge in [-0.25, -0.2) is 4.39 Å². The quantitative estimate of drug-likeness (QED) is 0.511. The highest BCUT2D eigenvalue weighted by atomic mass is 19.1. The van der Waals surface area contributed by atoms with E-state index in [1.165, 1.54) is 12.1 Å². The minimum atomic E-state index is -0.341. The summed E-state index contributed by atoms with van der Waals surface area (Å²) in [5, 5.41) is 12.1. The van der Waals surface area contributed by atoms with Crippen LogP contribution in [-0.4, -0.2) is 17.0 Å². The molecule has 4 heteroatoms. The molecule has 0 bridgehead atoms. The van der Waals surface area contributed by atoms with E-state index in [1.54, 1.807) is 13.0 Å². The Morgan fingerprint density at radius 2 is 2.05 bits per heavy atom. The molecular formula is C16H22FNO2. The smallest absolute Gasteiger partial charge is 0.131 e. The maximum atomic E-state index is 13.4. The lowest BCUT2D eigenvalue weighted by Gasteiger charge is -2.32. The summed E-state index contributed by atoms with van der Waals surface area (Å²) in [6.07, 6.45) is 3.19. The average molecular weight is 279 g/mol. The summed E-state index contributed by atoms with van der Waals surface area (Å²) in [6.45, 7) is 6.16. The van der Waals surface area contributed by atoms with Crippen LogP contribution < -0.4 is 4.74 Å². The molecule has 1 fully saturated rings. The molecule has 0 aliphatic heterocycles. The van der Waals surface area contributed by atoms with Crippen molar-refractivity contribution in [1.29, 1.82) is 0 Å². The molecule has 3 unspecified atom stereocenters. The molecule has 1 aliphatic rings. The van der Waals surface area contributed by atoms with Gasteiger partial charge in [-0.3, -0.25) is 0 Å². The predicted molar refractivity (Wildman–Crippen MR) is 77.0 cm³/mol. The second kappa shape index (κ2) is 6.25. The number of rotatable bonds is 3. The Morgan fingerprint density at radius 3 is 2.70 bits per heavy atom. The van der Waals surface area contributed by atoms with Crippen LogP contribution in [0.4, 0.5) is 4.39 Å². The maximum absolute atomic E-state index is 13.4. The van der Waals surface area contributed by atoms with Gasteiger partial charge < -0.3 is 9.94 Å². The Hall–Kier alpha value is -1.58. The van der Waals surface area contributed by atoms with Crippen molar-refractivity contribution in [3.63, 3.8) is 0 Å². The second-order valence-electron chi connectivity index (χ2n) is 5.83. The van der Waals surface area contributed by atoms with Gasteiger partial charge in [0.2, 0.25) is 0 Å². The molecular weight excluding hydrogens is 257 g/mol. The summed E-state index contributed by atoms with van der Waals surface area (Å²) in [7, 11) is 0. The molecule has 3 nitrogen and oxygen atoms in total. The van der Waals surface area contributed by atoms with E-state index >= 15 is 0 Å². The minimum Gasteiger partial charge on any atom is -0.490 e. The molecule has 1 aliphatic carbocycles. The third-order valence-corrected chi connectivity index (χ3v) is 4.33. The molecule has 0 radical (unpaired) electrons. The van der Waals surface area contributed by atoms with Crippen molar-refractivity contribution in [2.24, 2.45) is 17.0 Å². The van der Waals surface area contributed by atoms with E-state index in [1.807, 2.05) is 0 Å². The second-order valence-corrected chi connectivity index (χ2v) is 5.83. The van der Waals surface area contributed by atoms with Crippen molar-refractivity contribution in [1.82, 2.24) is 0 Å². The Balaban J connectivity index is 2.18.